The lowest BCUT2D eigenvalue weighted by Crippen LogP contribution is -2.42. The molecule has 0 unspecified atom stereocenters. The SMILES string of the molecule is CC(O)=C(C#N)C(=O)N(C)C(F)(F)c1ccccc1F. The Hall–Kier alpha value is -2.49. The summed E-state index contributed by atoms with van der Waals surface area (Å²) in [6.45, 7) is 1.02. The van der Waals surface area contributed by atoms with Gasteiger partial charge in [-0.3, -0.25) is 9.69 Å². The summed E-state index contributed by atoms with van der Waals surface area (Å²) in [5.74, 6) is -3.27. The van der Waals surface area contributed by atoms with Crippen molar-refractivity contribution in [2.75, 3.05) is 7.05 Å². The zero-order valence-electron chi connectivity index (χ0n) is 10.7. The van der Waals surface area contributed by atoms with E-state index in [1.807, 2.05) is 0 Å². The van der Waals surface area contributed by atoms with E-state index in [4.69, 9.17) is 10.4 Å². The van der Waals surface area contributed by atoms with Crippen molar-refractivity contribution in [3.8, 4) is 6.07 Å². The minimum Gasteiger partial charge on any atom is -0.511 e. The average molecular weight is 284 g/mol. The van der Waals surface area contributed by atoms with Gasteiger partial charge in [0.05, 0.1) is 5.56 Å². The molecule has 0 spiro atoms. The maximum absolute atomic E-state index is 14.1. The third kappa shape index (κ3) is 2.74. The third-order valence-corrected chi connectivity index (χ3v) is 2.61. The van der Waals surface area contributed by atoms with Gasteiger partial charge in [0.25, 0.3) is 5.91 Å². The molecular weight excluding hydrogens is 273 g/mol. The zero-order chi connectivity index (χ0) is 15.5. The highest BCUT2D eigenvalue weighted by Crippen LogP contribution is 2.33. The van der Waals surface area contributed by atoms with Crippen molar-refractivity contribution in [2.45, 2.75) is 13.0 Å². The summed E-state index contributed by atoms with van der Waals surface area (Å²) in [7, 11) is 0.717. The van der Waals surface area contributed by atoms with Crippen molar-refractivity contribution in [2.24, 2.45) is 0 Å². The molecule has 106 valence electrons. The van der Waals surface area contributed by atoms with Gasteiger partial charge in [-0.2, -0.15) is 14.0 Å². The maximum Gasteiger partial charge on any atom is 0.357 e. The Labute approximate surface area is 113 Å². The highest BCUT2D eigenvalue weighted by atomic mass is 19.3. The summed E-state index contributed by atoms with van der Waals surface area (Å²) in [6.07, 6.45) is 0. The molecule has 0 bridgehead atoms. The second-order valence-corrected chi connectivity index (χ2v) is 3.96. The van der Waals surface area contributed by atoms with Gasteiger partial charge in [-0.05, 0) is 19.1 Å². The quantitative estimate of drug-likeness (QED) is 0.402. The van der Waals surface area contributed by atoms with Gasteiger partial charge in [0, 0.05) is 7.05 Å². The zero-order valence-corrected chi connectivity index (χ0v) is 10.7. The fraction of sp³-hybridized carbons (Fsp3) is 0.231. The van der Waals surface area contributed by atoms with Crippen LogP contribution in [0.2, 0.25) is 0 Å². The second kappa shape index (κ2) is 5.65. The predicted octanol–water partition coefficient (Wildman–Crippen LogP) is 2.69. The number of halogens is 3. The van der Waals surface area contributed by atoms with Crippen LogP contribution in [0, 0.1) is 17.1 Å². The van der Waals surface area contributed by atoms with E-state index in [1.54, 1.807) is 0 Å². The van der Waals surface area contributed by atoms with Gasteiger partial charge in [0.15, 0.2) is 5.57 Å². The van der Waals surface area contributed by atoms with Gasteiger partial charge >= 0.3 is 6.05 Å². The van der Waals surface area contributed by atoms with Crippen LogP contribution in [0.15, 0.2) is 35.6 Å². The number of nitrogens with zero attached hydrogens (tertiary/aromatic N) is 2. The first-order chi connectivity index (χ1) is 9.23. The summed E-state index contributed by atoms with van der Waals surface area (Å²) in [5, 5.41) is 17.8. The number of carbonyl (C=O) groups excluding carboxylic acids is 1. The molecule has 0 heterocycles. The van der Waals surface area contributed by atoms with E-state index in [0.29, 0.717) is 0 Å². The fourth-order valence-corrected chi connectivity index (χ4v) is 1.46. The number of rotatable bonds is 3. The largest absolute Gasteiger partial charge is 0.511 e. The number of carbonyl (C=O) groups is 1. The first-order valence-electron chi connectivity index (χ1n) is 5.44. The molecule has 1 aromatic carbocycles. The van der Waals surface area contributed by atoms with Crippen LogP contribution in [0.5, 0.6) is 0 Å². The number of hydrogen-bond acceptors (Lipinski definition) is 3. The molecule has 20 heavy (non-hydrogen) atoms. The van der Waals surface area contributed by atoms with Crippen molar-refractivity contribution >= 4 is 5.91 Å². The first kappa shape index (κ1) is 15.6. The standard InChI is InChI=1S/C13H11F3N2O2/c1-8(19)9(7-17)12(20)18(2)13(15,16)10-5-3-4-6-11(10)14/h3-6,19H,1-2H3. The number of aliphatic hydroxyl groups is 1. The lowest BCUT2D eigenvalue weighted by atomic mass is 10.1. The van der Waals surface area contributed by atoms with Crippen LogP contribution in [-0.4, -0.2) is 23.0 Å². The molecule has 1 rings (SSSR count). The minimum atomic E-state index is -3.96. The van der Waals surface area contributed by atoms with Crippen molar-refractivity contribution in [1.82, 2.24) is 4.90 Å². The number of alkyl halides is 2. The van der Waals surface area contributed by atoms with Crippen molar-refractivity contribution < 1.29 is 23.1 Å². The van der Waals surface area contributed by atoms with E-state index in [9.17, 15) is 18.0 Å². The smallest absolute Gasteiger partial charge is 0.357 e. The van der Waals surface area contributed by atoms with Gasteiger partial charge in [0.2, 0.25) is 0 Å². The molecule has 0 atom stereocenters. The molecule has 1 N–H and O–H groups in total. The Morgan fingerprint density at radius 2 is 1.95 bits per heavy atom. The molecule has 0 aliphatic heterocycles. The molecule has 0 aromatic heterocycles. The van der Waals surface area contributed by atoms with Crippen molar-refractivity contribution in [3.63, 3.8) is 0 Å². The fourth-order valence-electron chi connectivity index (χ4n) is 1.46. The number of aliphatic hydroxyl groups excluding tert-OH is 1. The monoisotopic (exact) mass is 284 g/mol. The molecule has 1 amide bonds. The van der Waals surface area contributed by atoms with E-state index in [2.05, 4.69) is 0 Å². The van der Waals surface area contributed by atoms with Gasteiger partial charge < -0.3 is 5.11 Å². The van der Waals surface area contributed by atoms with E-state index in [1.165, 1.54) is 18.2 Å². The summed E-state index contributed by atoms with van der Waals surface area (Å²) in [6, 6.07) is 1.47. The Kier molecular flexibility index (Phi) is 4.40. The van der Waals surface area contributed by atoms with Crippen LogP contribution < -0.4 is 0 Å². The van der Waals surface area contributed by atoms with Crippen LogP contribution in [0.1, 0.15) is 12.5 Å². The van der Waals surface area contributed by atoms with E-state index in [0.717, 1.165) is 26.1 Å². The Morgan fingerprint density at radius 3 is 2.40 bits per heavy atom. The number of allylic oxidation sites excluding steroid dienone is 1. The maximum atomic E-state index is 14.1. The van der Waals surface area contributed by atoms with Gasteiger partial charge in [-0.1, -0.05) is 12.1 Å². The molecular formula is C13H11F3N2O2. The third-order valence-electron chi connectivity index (χ3n) is 2.61. The molecule has 0 fully saturated rings. The van der Waals surface area contributed by atoms with E-state index in [-0.39, 0.29) is 4.90 Å². The Balaban J connectivity index is 3.24. The predicted molar refractivity (Wildman–Crippen MR) is 64.0 cm³/mol. The van der Waals surface area contributed by atoms with Gasteiger partial charge in [-0.25, -0.2) is 4.39 Å². The molecule has 0 radical (unpaired) electrons. The summed E-state index contributed by atoms with van der Waals surface area (Å²) in [4.78, 5) is 11.6. The van der Waals surface area contributed by atoms with Gasteiger partial charge in [0.1, 0.15) is 17.6 Å². The van der Waals surface area contributed by atoms with Crippen molar-refractivity contribution in [1.29, 1.82) is 5.26 Å². The van der Waals surface area contributed by atoms with Crippen molar-refractivity contribution in [3.05, 3.63) is 47.0 Å². The van der Waals surface area contributed by atoms with Crippen LogP contribution in [0.3, 0.4) is 0 Å². The summed E-state index contributed by atoms with van der Waals surface area (Å²) >= 11 is 0. The van der Waals surface area contributed by atoms with E-state index < -0.39 is 34.7 Å². The summed E-state index contributed by atoms with van der Waals surface area (Å²) < 4.78 is 41.6. The molecule has 1 aromatic rings. The molecule has 0 aliphatic rings. The lowest BCUT2D eigenvalue weighted by molar-refractivity contribution is -0.169. The number of nitriles is 1. The van der Waals surface area contributed by atoms with Gasteiger partial charge in [-0.15, -0.1) is 0 Å². The van der Waals surface area contributed by atoms with Crippen LogP contribution >= 0.6 is 0 Å². The molecule has 0 saturated heterocycles. The normalized spacial score (nSPS) is 12.4. The lowest BCUT2D eigenvalue weighted by Gasteiger charge is -2.27. The van der Waals surface area contributed by atoms with Crippen LogP contribution in [0.4, 0.5) is 13.2 Å². The average Bonchev–Trinajstić information content (AvgIpc) is 2.38. The number of benzene rings is 1. The Morgan fingerprint density at radius 1 is 1.40 bits per heavy atom. The van der Waals surface area contributed by atoms with Crippen LogP contribution in [0.25, 0.3) is 0 Å². The Bertz CT molecular complexity index is 602. The molecule has 7 heteroatoms. The summed E-state index contributed by atoms with van der Waals surface area (Å²) in [5.41, 5.74) is -1.83. The number of likely N-dealkylation sites (N-methyl/N-ethyl adjacent to an activating group) is 1. The highest BCUT2D eigenvalue weighted by molar-refractivity contribution is 5.97. The second-order valence-electron chi connectivity index (χ2n) is 3.96. The molecule has 0 aliphatic carbocycles. The van der Waals surface area contributed by atoms with E-state index >= 15 is 0 Å². The molecule has 0 saturated carbocycles. The topological polar surface area (TPSA) is 64.3 Å². The number of hydrogen-bond donors (Lipinski definition) is 1. The number of amides is 1. The molecule has 4 nitrogen and oxygen atoms in total. The van der Waals surface area contributed by atoms with Crippen LogP contribution in [-0.2, 0) is 10.8 Å². The first-order valence-corrected chi connectivity index (χ1v) is 5.44. The minimum absolute atomic E-state index is 0.0936. The highest BCUT2D eigenvalue weighted by Gasteiger charge is 2.43.